The fraction of sp³-hybridized carbons (Fsp3) is 0.400. The fourth-order valence-corrected chi connectivity index (χ4v) is 1.76. The molecule has 0 heterocycles. The van der Waals surface area contributed by atoms with Crippen molar-refractivity contribution in [3.8, 4) is 5.75 Å². The molecule has 20 heavy (non-hydrogen) atoms. The molecule has 5 heteroatoms. The van der Waals surface area contributed by atoms with Crippen LogP contribution in [-0.4, -0.2) is 24.2 Å². The zero-order valence-corrected chi connectivity index (χ0v) is 12.5. The lowest BCUT2D eigenvalue weighted by atomic mass is 10.1. The molecule has 0 bridgehead atoms. The average Bonchev–Trinajstić information content (AvgIpc) is 2.38. The van der Waals surface area contributed by atoms with E-state index in [4.69, 9.17) is 26.8 Å². The van der Waals surface area contributed by atoms with Crippen LogP contribution in [0, 0.1) is 0 Å². The Hall–Kier alpha value is -1.52. The summed E-state index contributed by atoms with van der Waals surface area (Å²) in [5.74, 6) is 0.161. The molecule has 0 saturated heterocycles. The molecule has 110 valence electrons. The Bertz CT molecular complexity index is 462. The highest BCUT2D eigenvalue weighted by Gasteiger charge is 2.23. The number of benzene rings is 1. The van der Waals surface area contributed by atoms with E-state index in [-0.39, 0.29) is 6.10 Å². The third-order valence-electron chi connectivity index (χ3n) is 2.68. The molecule has 1 aromatic rings. The Morgan fingerprint density at radius 3 is 2.75 bits per heavy atom. The van der Waals surface area contributed by atoms with Gasteiger partial charge in [-0.15, -0.1) is 6.58 Å². The molecule has 0 aliphatic carbocycles. The van der Waals surface area contributed by atoms with Crippen LogP contribution in [0.2, 0.25) is 5.02 Å². The monoisotopic (exact) mass is 297 g/mol. The van der Waals surface area contributed by atoms with Crippen LogP contribution in [0.5, 0.6) is 5.75 Å². The largest absolute Gasteiger partial charge is 0.486 e. The summed E-state index contributed by atoms with van der Waals surface area (Å²) >= 11 is 5.91. The predicted molar refractivity (Wildman–Crippen MR) is 79.9 cm³/mol. The molecule has 2 N–H and O–H groups in total. The first-order chi connectivity index (χ1) is 9.43. The van der Waals surface area contributed by atoms with E-state index in [2.05, 4.69) is 6.58 Å². The average molecular weight is 298 g/mol. The second kappa shape index (κ2) is 7.92. The first-order valence-corrected chi connectivity index (χ1v) is 6.81. The minimum Gasteiger partial charge on any atom is -0.486 e. The van der Waals surface area contributed by atoms with E-state index in [0.29, 0.717) is 17.2 Å². The summed E-state index contributed by atoms with van der Waals surface area (Å²) in [5.41, 5.74) is 5.48. The Kier molecular flexibility index (Phi) is 6.55. The fourth-order valence-electron chi connectivity index (χ4n) is 1.58. The van der Waals surface area contributed by atoms with Crippen LogP contribution in [0.15, 0.2) is 36.9 Å². The molecule has 1 rings (SSSR count). The normalized spacial score (nSPS) is 15.0. The second-order valence-electron chi connectivity index (χ2n) is 4.57. The quantitative estimate of drug-likeness (QED) is 0.621. The number of carbonyl (C=O) groups excluding carboxylic acids is 1. The number of hydrogen-bond donors (Lipinski definition) is 1. The number of esters is 1. The van der Waals surface area contributed by atoms with Gasteiger partial charge in [0.1, 0.15) is 24.0 Å². The van der Waals surface area contributed by atoms with Crippen LogP contribution in [-0.2, 0) is 9.53 Å². The van der Waals surface area contributed by atoms with E-state index in [1.165, 1.54) is 0 Å². The molecule has 0 amide bonds. The van der Waals surface area contributed by atoms with Crippen molar-refractivity contribution in [3.05, 3.63) is 41.9 Å². The summed E-state index contributed by atoms with van der Waals surface area (Å²) in [6.45, 7) is 7.03. The molecular weight excluding hydrogens is 278 g/mol. The smallest absolute Gasteiger partial charge is 0.323 e. The van der Waals surface area contributed by atoms with Crippen LogP contribution in [0.25, 0.3) is 0 Å². The van der Waals surface area contributed by atoms with Gasteiger partial charge in [0.2, 0.25) is 0 Å². The molecule has 0 radical (unpaired) electrons. The Balaban J connectivity index is 2.72. The molecule has 1 aromatic carbocycles. The number of halogens is 1. The minimum atomic E-state index is -0.659. The van der Waals surface area contributed by atoms with E-state index in [9.17, 15) is 4.79 Å². The van der Waals surface area contributed by atoms with Crippen LogP contribution in [0.4, 0.5) is 0 Å². The number of ether oxygens (including phenoxy) is 2. The summed E-state index contributed by atoms with van der Waals surface area (Å²) in [6.07, 6.45) is 1.48. The summed E-state index contributed by atoms with van der Waals surface area (Å²) in [7, 11) is 0. The summed E-state index contributed by atoms with van der Waals surface area (Å²) in [6, 6.07) is 6.39. The van der Waals surface area contributed by atoms with Gasteiger partial charge in [-0.25, -0.2) is 0 Å². The van der Waals surface area contributed by atoms with Gasteiger partial charge in [-0.2, -0.15) is 0 Å². The molecule has 3 atom stereocenters. The van der Waals surface area contributed by atoms with E-state index in [0.717, 1.165) is 0 Å². The Morgan fingerprint density at radius 1 is 1.50 bits per heavy atom. The van der Waals surface area contributed by atoms with Crippen molar-refractivity contribution < 1.29 is 14.3 Å². The van der Waals surface area contributed by atoms with Crippen molar-refractivity contribution in [1.29, 1.82) is 0 Å². The highest BCUT2D eigenvalue weighted by atomic mass is 35.5. The lowest BCUT2D eigenvalue weighted by Gasteiger charge is -2.25. The molecule has 4 nitrogen and oxygen atoms in total. The van der Waals surface area contributed by atoms with Crippen LogP contribution in [0.3, 0.4) is 0 Å². The first-order valence-electron chi connectivity index (χ1n) is 6.43. The molecule has 0 aliphatic rings. The van der Waals surface area contributed by atoms with Gasteiger partial charge in [0.15, 0.2) is 0 Å². The zero-order valence-electron chi connectivity index (χ0n) is 11.7. The van der Waals surface area contributed by atoms with Crippen LogP contribution >= 0.6 is 11.6 Å². The third-order valence-corrected chi connectivity index (χ3v) is 2.92. The van der Waals surface area contributed by atoms with Gasteiger partial charge >= 0.3 is 5.97 Å². The first kappa shape index (κ1) is 16.5. The summed E-state index contributed by atoms with van der Waals surface area (Å²) in [5, 5.41) is 0.583. The Labute approximate surface area is 124 Å². The SMILES string of the molecule is C=CC[C@@H](Oc1cccc(Cl)c1)[C@H](C)OC(=O)[C@H](C)N. The van der Waals surface area contributed by atoms with Crippen LogP contribution < -0.4 is 10.5 Å². The van der Waals surface area contributed by atoms with Crippen molar-refractivity contribution >= 4 is 17.6 Å². The number of nitrogens with two attached hydrogens (primary N) is 1. The highest BCUT2D eigenvalue weighted by Crippen LogP contribution is 2.21. The maximum atomic E-state index is 11.5. The summed E-state index contributed by atoms with van der Waals surface area (Å²) in [4.78, 5) is 11.5. The molecule has 0 spiro atoms. The van der Waals surface area contributed by atoms with Gasteiger partial charge in [-0.1, -0.05) is 23.7 Å². The van der Waals surface area contributed by atoms with Gasteiger partial charge in [0.05, 0.1) is 0 Å². The maximum absolute atomic E-state index is 11.5. The number of carbonyl (C=O) groups is 1. The van der Waals surface area contributed by atoms with Gasteiger partial charge < -0.3 is 15.2 Å². The lowest BCUT2D eigenvalue weighted by molar-refractivity contribution is -0.153. The predicted octanol–water partition coefficient (Wildman–Crippen LogP) is 2.94. The zero-order chi connectivity index (χ0) is 15.1. The van der Waals surface area contributed by atoms with E-state index < -0.39 is 18.1 Å². The van der Waals surface area contributed by atoms with Crippen molar-refractivity contribution in [2.45, 2.75) is 38.5 Å². The number of rotatable bonds is 7. The van der Waals surface area contributed by atoms with E-state index >= 15 is 0 Å². The maximum Gasteiger partial charge on any atom is 0.323 e. The van der Waals surface area contributed by atoms with Gasteiger partial charge in [-0.3, -0.25) is 4.79 Å². The van der Waals surface area contributed by atoms with Gasteiger partial charge in [0, 0.05) is 11.4 Å². The van der Waals surface area contributed by atoms with Crippen molar-refractivity contribution in [1.82, 2.24) is 0 Å². The van der Waals surface area contributed by atoms with Crippen LogP contribution in [0.1, 0.15) is 20.3 Å². The molecule has 0 saturated carbocycles. The Morgan fingerprint density at radius 2 is 2.20 bits per heavy atom. The van der Waals surface area contributed by atoms with Gasteiger partial charge in [0.25, 0.3) is 0 Å². The highest BCUT2D eigenvalue weighted by molar-refractivity contribution is 6.30. The van der Waals surface area contributed by atoms with E-state index in [1.807, 2.05) is 0 Å². The topological polar surface area (TPSA) is 61.5 Å². The molecular formula is C15H20ClNO3. The molecule has 0 aromatic heterocycles. The number of hydrogen-bond acceptors (Lipinski definition) is 4. The third kappa shape index (κ3) is 5.23. The van der Waals surface area contributed by atoms with Crippen molar-refractivity contribution in [2.24, 2.45) is 5.73 Å². The minimum absolute atomic E-state index is 0.339. The molecule has 0 aliphatic heterocycles. The van der Waals surface area contributed by atoms with Crippen molar-refractivity contribution in [3.63, 3.8) is 0 Å². The standard InChI is InChI=1S/C15H20ClNO3/c1-4-6-14(11(3)19-15(18)10(2)17)20-13-8-5-7-12(16)9-13/h4-5,7-11,14H,1,6,17H2,2-3H3/t10-,11-,14+/m0/s1. The lowest BCUT2D eigenvalue weighted by Crippen LogP contribution is -2.38. The summed E-state index contributed by atoms with van der Waals surface area (Å²) < 4.78 is 11.1. The molecule has 0 unspecified atom stereocenters. The van der Waals surface area contributed by atoms with Gasteiger partial charge in [-0.05, 0) is 32.0 Å². The molecule has 0 fully saturated rings. The second-order valence-corrected chi connectivity index (χ2v) is 5.01. The van der Waals surface area contributed by atoms with E-state index in [1.54, 1.807) is 44.2 Å². The van der Waals surface area contributed by atoms with Crippen molar-refractivity contribution in [2.75, 3.05) is 0 Å².